The number of ether oxygens (including phenoxy) is 2. The Morgan fingerprint density at radius 3 is 2.28 bits per heavy atom. The first-order valence-corrected chi connectivity index (χ1v) is 10.1. The molecule has 2 aromatic carbocycles. The molecule has 29 heavy (non-hydrogen) atoms. The number of nitrogens with two attached hydrogens (primary N) is 1. The van der Waals surface area contributed by atoms with Gasteiger partial charge in [0.15, 0.2) is 11.5 Å². The van der Waals surface area contributed by atoms with E-state index in [0.717, 1.165) is 0 Å². The number of hydrogen-bond acceptors (Lipinski definition) is 6. The number of carbonyl (C=O) groups excluding carboxylic acids is 2. The lowest BCUT2D eigenvalue weighted by Gasteiger charge is -2.16. The number of amides is 2. The van der Waals surface area contributed by atoms with Gasteiger partial charge in [-0.1, -0.05) is 30.3 Å². The summed E-state index contributed by atoms with van der Waals surface area (Å²) < 4.78 is 37.4. The van der Waals surface area contributed by atoms with Crippen molar-refractivity contribution in [2.45, 2.75) is 17.4 Å². The molecule has 0 bridgehead atoms. The smallest absolute Gasteiger partial charge is 0.244 e. The van der Waals surface area contributed by atoms with E-state index in [0.29, 0.717) is 11.3 Å². The van der Waals surface area contributed by atoms with Gasteiger partial charge in [0.05, 0.1) is 19.1 Å². The molecular weight excluding hydrogens is 398 g/mol. The summed E-state index contributed by atoms with van der Waals surface area (Å²) >= 11 is 0. The SMILES string of the molecule is COc1ccc(S(=O)(=O)NCCC(=O)NC(C(N)=O)c2ccccc2)cc1OC. The van der Waals surface area contributed by atoms with Gasteiger partial charge in [-0.2, -0.15) is 0 Å². The molecule has 0 fully saturated rings. The Morgan fingerprint density at radius 1 is 1.03 bits per heavy atom. The average Bonchev–Trinajstić information content (AvgIpc) is 2.71. The Kier molecular flexibility index (Phi) is 7.57. The third-order valence-corrected chi connectivity index (χ3v) is 5.49. The number of benzene rings is 2. The van der Waals surface area contributed by atoms with Gasteiger partial charge < -0.3 is 20.5 Å². The molecule has 0 spiro atoms. The van der Waals surface area contributed by atoms with Crippen LogP contribution in [-0.2, 0) is 19.6 Å². The Morgan fingerprint density at radius 2 is 1.69 bits per heavy atom. The van der Waals surface area contributed by atoms with Gasteiger partial charge in [0.1, 0.15) is 6.04 Å². The zero-order valence-electron chi connectivity index (χ0n) is 16.0. The van der Waals surface area contributed by atoms with E-state index in [9.17, 15) is 18.0 Å². The molecule has 4 N–H and O–H groups in total. The highest BCUT2D eigenvalue weighted by atomic mass is 32.2. The van der Waals surface area contributed by atoms with E-state index in [1.165, 1.54) is 32.4 Å². The Bertz CT molecular complexity index is 963. The fourth-order valence-electron chi connectivity index (χ4n) is 2.56. The molecule has 0 saturated heterocycles. The Labute approximate surface area is 169 Å². The Balaban J connectivity index is 1.97. The molecule has 0 aliphatic heterocycles. The molecule has 1 unspecified atom stereocenters. The van der Waals surface area contributed by atoms with Crippen LogP contribution in [0, 0.1) is 0 Å². The predicted molar refractivity (Wildman–Crippen MR) is 106 cm³/mol. The minimum absolute atomic E-state index is 0.0325. The van der Waals surface area contributed by atoms with Crippen LogP contribution < -0.4 is 25.2 Å². The molecule has 1 atom stereocenters. The van der Waals surface area contributed by atoms with E-state index in [1.807, 2.05) is 0 Å². The third-order valence-electron chi connectivity index (χ3n) is 4.03. The number of hydrogen-bond donors (Lipinski definition) is 3. The molecule has 0 aliphatic rings. The van der Waals surface area contributed by atoms with E-state index in [4.69, 9.17) is 15.2 Å². The summed E-state index contributed by atoms with van der Waals surface area (Å²) in [6, 6.07) is 11.7. The third kappa shape index (κ3) is 5.93. The zero-order chi connectivity index (χ0) is 21.4. The fourth-order valence-corrected chi connectivity index (χ4v) is 3.61. The van der Waals surface area contributed by atoms with Crippen LogP contribution >= 0.6 is 0 Å². The van der Waals surface area contributed by atoms with E-state index in [-0.39, 0.29) is 23.6 Å². The largest absolute Gasteiger partial charge is 0.493 e. The summed E-state index contributed by atoms with van der Waals surface area (Å²) in [4.78, 5) is 23.8. The highest BCUT2D eigenvalue weighted by Gasteiger charge is 2.21. The second kappa shape index (κ2) is 9.89. The summed E-state index contributed by atoms with van der Waals surface area (Å²) in [5, 5.41) is 2.51. The first-order valence-electron chi connectivity index (χ1n) is 8.64. The van der Waals surface area contributed by atoms with Gasteiger partial charge in [-0.15, -0.1) is 0 Å². The average molecular weight is 421 g/mol. The van der Waals surface area contributed by atoms with Crippen molar-refractivity contribution in [3.05, 3.63) is 54.1 Å². The van der Waals surface area contributed by atoms with E-state index >= 15 is 0 Å². The minimum Gasteiger partial charge on any atom is -0.493 e. The molecule has 0 heterocycles. The highest BCUT2D eigenvalue weighted by molar-refractivity contribution is 7.89. The van der Waals surface area contributed by atoms with E-state index in [1.54, 1.807) is 30.3 Å². The number of nitrogens with one attached hydrogen (secondary N) is 2. The summed E-state index contributed by atoms with van der Waals surface area (Å²) in [5.41, 5.74) is 5.90. The van der Waals surface area contributed by atoms with Crippen molar-refractivity contribution in [2.24, 2.45) is 5.73 Å². The van der Waals surface area contributed by atoms with E-state index in [2.05, 4.69) is 10.0 Å². The van der Waals surface area contributed by atoms with Crippen LogP contribution in [0.1, 0.15) is 18.0 Å². The molecular formula is C19H23N3O6S. The molecule has 10 heteroatoms. The standard InChI is InChI=1S/C19H23N3O6S/c1-27-15-9-8-14(12-16(15)28-2)29(25,26)21-11-10-17(23)22-18(19(20)24)13-6-4-3-5-7-13/h3-9,12,18,21H,10-11H2,1-2H3,(H2,20,24)(H,22,23). The van der Waals surface area contributed by atoms with Gasteiger partial charge in [-0.3, -0.25) is 9.59 Å². The first kappa shape index (κ1) is 22.2. The number of rotatable bonds is 10. The van der Waals surface area contributed by atoms with Gasteiger partial charge in [0.25, 0.3) is 0 Å². The number of primary amides is 1. The molecule has 2 amide bonds. The Hall–Kier alpha value is -3.11. The summed E-state index contributed by atoms with van der Waals surface area (Å²) in [6.07, 6.45) is -0.177. The molecule has 0 aliphatic carbocycles. The predicted octanol–water partition coefficient (Wildman–Crippen LogP) is 0.715. The number of methoxy groups -OCH3 is 2. The maximum atomic E-state index is 12.4. The van der Waals surface area contributed by atoms with Crippen molar-refractivity contribution in [1.82, 2.24) is 10.0 Å². The van der Waals surface area contributed by atoms with Gasteiger partial charge in [0.2, 0.25) is 21.8 Å². The molecule has 2 aromatic rings. The molecule has 0 saturated carbocycles. The van der Waals surface area contributed by atoms with Crippen molar-refractivity contribution in [2.75, 3.05) is 20.8 Å². The molecule has 156 valence electrons. The number of sulfonamides is 1. The molecule has 0 aromatic heterocycles. The second-order valence-electron chi connectivity index (χ2n) is 5.98. The molecule has 2 rings (SSSR count). The fraction of sp³-hybridized carbons (Fsp3) is 0.263. The van der Waals surface area contributed by atoms with Gasteiger partial charge in [0, 0.05) is 19.0 Å². The monoisotopic (exact) mass is 421 g/mol. The topological polar surface area (TPSA) is 137 Å². The summed E-state index contributed by atoms with van der Waals surface area (Å²) in [5.74, 6) is -0.576. The van der Waals surface area contributed by atoms with Crippen LogP contribution in [0.4, 0.5) is 0 Å². The molecule has 9 nitrogen and oxygen atoms in total. The second-order valence-corrected chi connectivity index (χ2v) is 7.75. The summed E-state index contributed by atoms with van der Waals surface area (Å²) in [6.45, 7) is -0.164. The van der Waals surface area contributed by atoms with Gasteiger partial charge >= 0.3 is 0 Å². The number of carbonyl (C=O) groups is 2. The van der Waals surface area contributed by atoms with Gasteiger partial charge in [-0.05, 0) is 17.7 Å². The van der Waals surface area contributed by atoms with Crippen LogP contribution in [0.15, 0.2) is 53.4 Å². The van der Waals surface area contributed by atoms with Crippen LogP contribution in [-0.4, -0.2) is 41.0 Å². The normalized spacial score (nSPS) is 12.1. The molecule has 0 radical (unpaired) electrons. The van der Waals surface area contributed by atoms with Crippen molar-refractivity contribution < 1.29 is 27.5 Å². The summed E-state index contributed by atoms with van der Waals surface area (Å²) in [7, 11) is -1.03. The lowest BCUT2D eigenvalue weighted by atomic mass is 10.1. The van der Waals surface area contributed by atoms with Crippen molar-refractivity contribution in [3.63, 3.8) is 0 Å². The van der Waals surface area contributed by atoms with Crippen LogP contribution in [0.5, 0.6) is 11.5 Å². The van der Waals surface area contributed by atoms with Crippen LogP contribution in [0.3, 0.4) is 0 Å². The lowest BCUT2D eigenvalue weighted by Crippen LogP contribution is -2.39. The van der Waals surface area contributed by atoms with Crippen molar-refractivity contribution in [1.29, 1.82) is 0 Å². The maximum Gasteiger partial charge on any atom is 0.244 e. The maximum absolute atomic E-state index is 12.4. The zero-order valence-corrected chi connectivity index (χ0v) is 16.9. The minimum atomic E-state index is -3.87. The quantitative estimate of drug-likeness (QED) is 0.517. The van der Waals surface area contributed by atoms with Gasteiger partial charge in [-0.25, -0.2) is 13.1 Å². The van der Waals surface area contributed by atoms with Crippen molar-refractivity contribution in [3.8, 4) is 11.5 Å². The van der Waals surface area contributed by atoms with Crippen LogP contribution in [0.2, 0.25) is 0 Å². The first-order chi connectivity index (χ1) is 13.8. The van der Waals surface area contributed by atoms with Crippen molar-refractivity contribution >= 4 is 21.8 Å². The van der Waals surface area contributed by atoms with Crippen LogP contribution in [0.25, 0.3) is 0 Å². The highest BCUT2D eigenvalue weighted by Crippen LogP contribution is 2.29. The lowest BCUT2D eigenvalue weighted by molar-refractivity contribution is -0.127. The van der Waals surface area contributed by atoms with E-state index < -0.39 is 27.9 Å².